The summed E-state index contributed by atoms with van der Waals surface area (Å²) in [6.45, 7) is 3.02. The maximum Gasteiger partial charge on any atom is 0.325 e. The predicted molar refractivity (Wildman–Crippen MR) is 113 cm³/mol. The van der Waals surface area contributed by atoms with Gasteiger partial charge in [0.25, 0.3) is 5.91 Å². The summed E-state index contributed by atoms with van der Waals surface area (Å²) in [5.74, 6) is -2.24. The number of aliphatic carboxylic acids is 1. The molecule has 156 valence electrons. The summed E-state index contributed by atoms with van der Waals surface area (Å²) in [5, 5.41) is 22.4. The molecule has 0 spiro atoms. The van der Waals surface area contributed by atoms with Gasteiger partial charge in [0.1, 0.15) is 11.8 Å². The van der Waals surface area contributed by atoms with Gasteiger partial charge in [0, 0.05) is 21.7 Å². The molecule has 7 nitrogen and oxygen atoms in total. The van der Waals surface area contributed by atoms with E-state index in [0.717, 1.165) is 0 Å². The molecule has 1 unspecified atom stereocenters. The molecule has 0 aliphatic carbocycles. The monoisotopic (exact) mass is 448 g/mol. The molecule has 30 heavy (non-hydrogen) atoms. The van der Waals surface area contributed by atoms with Crippen LogP contribution in [0.3, 0.4) is 0 Å². The summed E-state index contributed by atoms with van der Waals surface area (Å²) in [5.41, 5.74) is 1.75. The number of rotatable bonds is 5. The summed E-state index contributed by atoms with van der Waals surface area (Å²) >= 11 is 12.0. The van der Waals surface area contributed by atoms with Gasteiger partial charge in [-0.2, -0.15) is 0 Å². The summed E-state index contributed by atoms with van der Waals surface area (Å²) in [6, 6.07) is 8.13. The third kappa shape index (κ3) is 4.13. The first-order valence-corrected chi connectivity index (χ1v) is 9.70. The highest BCUT2D eigenvalue weighted by Gasteiger charge is 2.24. The summed E-state index contributed by atoms with van der Waals surface area (Å²) < 4.78 is 1.41. The van der Waals surface area contributed by atoms with E-state index in [1.54, 1.807) is 31.2 Å². The number of aromatic hydroxyl groups is 1. The number of carboxylic acids is 1. The number of phenolic OH excluding ortho intramolecular Hbond substituents is 1. The molecule has 3 aromatic rings. The van der Waals surface area contributed by atoms with Gasteiger partial charge in [0.2, 0.25) is 5.91 Å². The third-order valence-electron chi connectivity index (χ3n) is 4.78. The molecule has 0 saturated carbocycles. The highest BCUT2D eigenvalue weighted by atomic mass is 35.5. The van der Waals surface area contributed by atoms with E-state index < -0.39 is 17.9 Å². The van der Waals surface area contributed by atoms with Gasteiger partial charge in [-0.1, -0.05) is 23.2 Å². The first-order chi connectivity index (χ1) is 14.1. The standard InChI is InChI=1S/C21H18Cl2N2O5/c1-10(21(29)30)24-19(27)8-14-11(2)25(17-9-16(23)18(26)7-15(14)17)20(28)12-3-5-13(22)6-4-12/h3-7,9-10,26H,8H2,1-2H3,(H,24,27)(H,29,30). The number of fused-ring (bicyclic) bond motifs is 1. The second kappa shape index (κ2) is 8.38. The van der Waals surface area contributed by atoms with Gasteiger partial charge in [-0.3, -0.25) is 19.0 Å². The van der Waals surface area contributed by atoms with Crippen LogP contribution >= 0.6 is 23.2 Å². The number of aromatic nitrogens is 1. The van der Waals surface area contributed by atoms with Crippen LogP contribution in [0.25, 0.3) is 10.9 Å². The number of carbonyl (C=O) groups excluding carboxylic acids is 2. The van der Waals surface area contributed by atoms with Crippen LogP contribution in [0.2, 0.25) is 10.0 Å². The van der Waals surface area contributed by atoms with Crippen molar-refractivity contribution in [3.63, 3.8) is 0 Å². The average Bonchev–Trinajstić information content (AvgIpc) is 2.93. The van der Waals surface area contributed by atoms with Crippen molar-refractivity contribution in [2.24, 2.45) is 0 Å². The summed E-state index contributed by atoms with van der Waals surface area (Å²) in [4.78, 5) is 36.6. The number of carboxylic acid groups (broad SMARTS) is 1. The van der Waals surface area contributed by atoms with Gasteiger partial charge in [-0.05, 0) is 55.8 Å². The highest BCUT2D eigenvalue weighted by Crippen LogP contribution is 2.35. The second-order valence-electron chi connectivity index (χ2n) is 6.84. The van der Waals surface area contributed by atoms with Crippen LogP contribution in [0, 0.1) is 6.92 Å². The molecule has 1 amide bonds. The Morgan fingerprint density at radius 2 is 1.77 bits per heavy atom. The second-order valence-corrected chi connectivity index (χ2v) is 7.68. The molecule has 1 aromatic heterocycles. The molecule has 9 heteroatoms. The van der Waals surface area contributed by atoms with E-state index in [0.29, 0.717) is 32.7 Å². The van der Waals surface area contributed by atoms with E-state index in [1.807, 2.05) is 0 Å². The highest BCUT2D eigenvalue weighted by molar-refractivity contribution is 6.33. The largest absolute Gasteiger partial charge is 0.506 e. The quantitative estimate of drug-likeness (QED) is 0.550. The van der Waals surface area contributed by atoms with Crippen molar-refractivity contribution < 1.29 is 24.6 Å². The number of hydrogen-bond donors (Lipinski definition) is 3. The normalized spacial score (nSPS) is 12.0. The van der Waals surface area contributed by atoms with E-state index in [4.69, 9.17) is 28.3 Å². The van der Waals surface area contributed by atoms with Crippen molar-refractivity contribution in [3.05, 3.63) is 63.3 Å². The van der Waals surface area contributed by atoms with Gasteiger partial charge >= 0.3 is 5.97 Å². The van der Waals surface area contributed by atoms with Gasteiger partial charge in [0.05, 0.1) is 17.0 Å². The fraction of sp³-hybridized carbons (Fsp3) is 0.190. The van der Waals surface area contributed by atoms with Crippen molar-refractivity contribution in [2.75, 3.05) is 0 Å². The Hall–Kier alpha value is -3.03. The van der Waals surface area contributed by atoms with E-state index in [9.17, 15) is 19.5 Å². The van der Waals surface area contributed by atoms with E-state index in [2.05, 4.69) is 5.32 Å². The van der Waals surface area contributed by atoms with E-state index in [1.165, 1.54) is 23.6 Å². The van der Waals surface area contributed by atoms with Crippen LogP contribution in [0.4, 0.5) is 0 Å². The third-order valence-corrected chi connectivity index (χ3v) is 5.34. The lowest BCUT2D eigenvalue weighted by Gasteiger charge is -2.10. The molecule has 0 bridgehead atoms. The maximum atomic E-state index is 13.2. The minimum absolute atomic E-state index is 0.0562. The Kier molecular flexibility index (Phi) is 6.05. The Bertz CT molecular complexity index is 1170. The van der Waals surface area contributed by atoms with Gasteiger partial charge in [-0.15, -0.1) is 0 Å². The zero-order chi connectivity index (χ0) is 22.2. The minimum atomic E-state index is -1.16. The number of carbonyl (C=O) groups is 3. The van der Waals surface area contributed by atoms with Crippen molar-refractivity contribution >= 4 is 51.9 Å². The molecule has 1 atom stereocenters. The lowest BCUT2D eigenvalue weighted by molar-refractivity contribution is -0.141. The molecule has 0 aliphatic rings. The van der Waals surface area contributed by atoms with Gasteiger partial charge in [-0.25, -0.2) is 0 Å². The van der Waals surface area contributed by atoms with Gasteiger partial charge in [0.15, 0.2) is 0 Å². The van der Waals surface area contributed by atoms with Crippen molar-refractivity contribution in [1.29, 1.82) is 0 Å². The zero-order valence-corrected chi connectivity index (χ0v) is 17.6. The molecular weight excluding hydrogens is 431 g/mol. The SMILES string of the molecule is Cc1c(CC(=O)NC(C)C(=O)O)c2cc(O)c(Cl)cc2n1C(=O)c1ccc(Cl)cc1. The summed E-state index contributed by atoms with van der Waals surface area (Å²) in [7, 11) is 0. The zero-order valence-electron chi connectivity index (χ0n) is 16.1. The fourth-order valence-electron chi connectivity index (χ4n) is 3.21. The Balaban J connectivity index is 2.12. The Morgan fingerprint density at radius 3 is 2.37 bits per heavy atom. The molecule has 2 aromatic carbocycles. The number of phenols is 1. The van der Waals surface area contributed by atoms with Crippen LogP contribution in [-0.4, -0.2) is 38.6 Å². The average molecular weight is 449 g/mol. The van der Waals surface area contributed by atoms with E-state index >= 15 is 0 Å². The van der Waals surface area contributed by atoms with Crippen LogP contribution in [0.1, 0.15) is 28.5 Å². The lowest BCUT2D eigenvalue weighted by atomic mass is 10.1. The molecule has 0 saturated heterocycles. The first-order valence-electron chi connectivity index (χ1n) is 8.95. The number of nitrogens with one attached hydrogen (secondary N) is 1. The van der Waals surface area contributed by atoms with Crippen molar-refractivity contribution in [3.8, 4) is 5.75 Å². The van der Waals surface area contributed by atoms with Crippen molar-refractivity contribution in [2.45, 2.75) is 26.3 Å². The Morgan fingerprint density at radius 1 is 1.13 bits per heavy atom. The van der Waals surface area contributed by atoms with Crippen molar-refractivity contribution in [1.82, 2.24) is 9.88 Å². The molecule has 1 heterocycles. The molecule has 0 radical (unpaired) electrons. The molecule has 0 aliphatic heterocycles. The molecule has 0 fully saturated rings. The lowest BCUT2D eigenvalue weighted by Crippen LogP contribution is -2.39. The number of benzene rings is 2. The predicted octanol–water partition coefficient (Wildman–Crippen LogP) is 3.78. The van der Waals surface area contributed by atoms with Crippen LogP contribution in [0.5, 0.6) is 5.75 Å². The maximum absolute atomic E-state index is 13.2. The molecule has 3 N–H and O–H groups in total. The first kappa shape index (κ1) is 21.7. The molecule has 3 rings (SSSR count). The number of amides is 1. The van der Waals surface area contributed by atoms with Gasteiger partial charge < -0.3 is 15.5 Å². The Labute approximate surface area is 181 Å². The smallest absolute Gasteiger partial charge is 0.325 e. The number of nitrogens with zero attached hydrogens (tertiary/aromatic N) is 1. The van der Waals surface area contributed by atoms with Crippen LogP contribution in [0.15, 0.2) is 36.4 Å². The van der Waals surface area contributed by atoms with Crippen LogP contribution < -0.4 is 5.32 Å². The summed E-state index contributed by atoms with van der Waals surface area (Å²) in [6.07, 6.45) is -0.179. The number of halogens is 2. The molecular formula is C21H18Cl2N2O5. The van der Waals surface area contributed by atoms with Crippen LogP contribution in [-0.2, 0) is 16.0 Å². The minimum Gasteiger partial charge on any atom is -0.506 e. The topological polar surface area (TPSA) is 109 Å². The fourth-order valence-corrected chi connectivity index (χ4v) is 3.49. The number of hydrogen-bond acceptors (Lipinski definition) is 4. The van der Waals surface area contributed by atoms with E-state index in [-0.39, 0.29) is 23.1 Å².